The van der Waals surface area contributed by atoms with E-state index in [2.05, 4.69) is 24.3 Å². The van der Waals surface area contributed by atoms with Crippen LogP contribution in [0.1, 0.15) is 28.1 Å². The van der Waals surface area contributed by atoms with Crippen molar-refractivity contribution in [3.63, 3.8) is 0 Å². The van der Waals surface area contributed by atoms with Crippen LogP contribution in [0.4, 0.5) is 0 Å². The molecule has 1 aromatic carbocycles. The van der Waals surface area contributed by atoms with E-state index in [9.17, 15) is 4.79 Å². The van der Waals surface area contributed by atoms with Gasteiger partial charge >= 0.3 is 5.97 Å². The van der Waals surface area contributed by atoms with Crippen LogP contribution in [0.3, 0.4) is 0 Å². The first kappa shape index (κ1) is 14.2. The summed E-state index contributed by atoms with van der Waals surface area (Å²) in [6, 6.07) is 12.3. The van der Waals surface area contributed by atoms with Crippen molar-refractivity contribution in [1.82, 2.24) is 0 Å². The molecular weight excluding hydrogens is 276 g/mol. The van der Waals surface area contributed by atoms with Gasteiger partial charge in [0.25, 0.3) is 0 Å². The minimum Gasteiger partial charge on any atom is -0.477 e. The summed E-state index contributed by atoms with van der Waals surface area (Å²) in [5.41, 5.74) is 1.39. The van der Waals surface area contributed by atoms with E-state index in [1.807, 2.05) is 11.4 Å². The van der Waals surface area contributed by atoms with Crippen LogP contribution in [-0.4, -0.2) is 16.8 Å². The average molecular weight is 292 g/mol. The van der Waals surface area contributed by atoms with Crippen molar-refractivity contribution in [3.05, 3.63) is 52.2 Å². The minimum atomic E-state index is -0.832. The fraction of sp³-hybridized carbons (Fsp3) is 0.267. The van der Waals surface area contributed by atoms with Gasteiger partial charge in [-0.1, -0.05) is 30.3 Å². The number of thiophene rings is 1. The Bertz CT molecular complexity index is 520. The molecule has 1 heterocycles. The lowest BCUT2D eigenvalue weighted by atomic mass is 10.1. The van der Waals surface area contributed by atoms with Gasteiger partial charge in [0, 0.05) is 10.3 Å². The number of carbonyl (C=O) groups is 1. The molecule has 0 unspecified atom stereocenters. The molecule has 1 N–H and O–H groups in total. The van der Waals surface area contributed by atoms with Gasteiger partial charge in [0.1, 0.15) is 4.88 Å². The molecule has 0 aliphatic rings. The molecule has 2 aromatic rings. The van der Waals surface area contributed by atoms with Gasteiger partial charge in [-0.05, 0) is 36.6 Å². The van der Waals surface area contributed by atoms with E-state index in [1.54, 1.807) is 17.8 Å². The first-order valence-corrected chi connectivity index (χ1v) is 8.11. The van der Waals surface area contributed by atoms with Crippen molar-refractivity contribution < 1.29 is 9.90 Å². The Labute approximate surface area is 121 Å². The maximum atomic E-state index is 10.7. The molecule has 0 saturated heterocycles. The number of benzene rings is 1. The Morgan fingerprint density at radius 2 is 2.00 bits per heavy atom. The molecule has 0 aliphatic carbocycles. The van der Waals surface area contributed by atoms with Gasteiger partial charge in [0.05, 0.1) is 0 Å². The highest BCUT2D eigenvalue weighted by Gasteiger charge is 2.06. The van der Waals surface area contributed by atoms with Crippen molar-refractivity contribution >= 4 is 29.1 Å². The lowest BCUT2D eigenvalue weighted by molar-refractivity contribution is 0.0702. The third-order valence-corrected chi connectivity index (χ3v) is 4.89. The van der Waals surface area contributed by atoms with E-state index in [1.165, 1.54) is 23.3 Å². The largest absolute Gasteiger partial charge is 0.477 e. The van der Waals surface area contributed by atoms with Gasteiger partial charge in [0.2, 0.25) is 0 Å². The fourth-order valence-corrected chi connectivity index (χ4v) is 3.66. The number of aromatic carboxylic acids is 1. The standard InChI is InChI=1S/C15H16O2S2/c16-15(17)14-10-13(11-19-14)18-9-5-4-8-12-6-2-1-3-7-12/h1-3,6-7,10-11H,4-5,8-9H2,(H,16,17). The lowest BCUT2D eigenvalue weighted by Gasteiger charge is -2.01. The molecule has 0 radical (unpaired) electrons. The summed E-state index contributed by atoms with van der Waals surface area (Å²) >= 11 is 3.04. The number of hydrogen-bond acceptors (Lipinski definition) is 3. The highest BCUT2D eigenvalue weighted by molar-refractivity contribution is 7.99. The van der Waals surface area contributed by atoms with Crippen LogP contribution in [0.15, 0.2) is 46.7 Å². The third-order valence-electron chi connectivity index (χ3n) is 2.76. The van der Waals surface area contributed by atoms with E-state index in [0.29, 0.717) is 4.88 Å². The fourth-order valence-electron chi connectivity index (χ4n) is 1.77. The minimum absolute atomic E-state index is 0.423. The smallest absolute Gasteiger partial charge is 0.345 e. The van der Waals surface area contributed by atoms with Crippen LogP contribution in [0, 0.1) is 0 Å². The lowest BCUT2D eigenvalue weighted by Crippen LogP contribution is -1.90. The molecule has 0 saturated carbocycles. The summed E-state index contributed by atoms with van der Waals surface area (Å²) in [5.74, 6) is 0.212. The third kappa shape index (κ3) is 4.73. The number of carboxylic acids is 1. The molecular formula is C15H16O2S2. The Morgan fingerprint density at radius 3 is 2.68 bits per heavy atom. The Balaban J connectivity index is 1.65. The van der Waals surface area contributed by atoms with E-state index in [-0.39, 0.29) is 0 Å². The maximum Gasteiger partial charge on any atom is 0.345 e. The number of thioether (sulfide) groups is 1. The molecule has 0 amide bonds. The summed E-state index contributed by atoms with van der Waals surface area (Å²) in [5, 5.41) is 10.8. The molecule has 4 heteroatoms. The normalized spacial score (nSPS) is 10.5. The van der Waals surface area contributed by atoms with Crippen LogP contribution >= 0.6 is 23.1 Å². The zero-order valence-corrected chi connectivity index (χ0v) is 12.2. The van der Waals surface area contributed by atoms with Gasteiger partial charge in [0.15, 0.2) is 0 Å². The molecule has 0 spiro atoms. The Hall–Kier alpha value is -1.26. The predicted molar refractivity (Wildman–Crippen MR) is 81.4 cm³/mol. The van der Waals surface area contributed by atoms with Crippen LogP contribution in [0.5, 0.6) is 0 Å². The van der Waals surface area contributed by atoms with Crippen molar-refractivity contribution in [2.75, 3.05) is 5.75 Å². The van der Waals surface area contributed by atoms with Gasteiger partial charge in [-0.15, -0.1) is 23.1 Å². The van der Waals surface area contributed by atoms with Crippen LogP contribution < -0.4 is 0 Å². The topological polar surface area (TPSA) is 37.3 Å². The monoisotopic (exact) mass is 292 g/mol. The molecule has 2 rings (SSSR count). The van der Waals surface area contributed by atoms with Gasteiger partial charge < -0.3 is 5.11 Å². The second kappa shape index (κ2) is 7.36. The molecule has 0 fully saturated rings. The molecule has 0 bridgehead atoms. The first-order chi connectivity index (χ1) is 9.25. The zero-order valence-electron chi connectivity index (χ0n) is 10.5. The molecule has 100 valence electrons. The molecule has 0 atom stereocenters. The van der Waals surface area contributed by atoms with Crippen molar-refractivity contribution in [2.24, 2.45) is 0 Å². The summed E-state index contributed by atoms with van der Waals surface area (Å²) in [6.45, 7) is 0. The average Bonchev–Trinajstić information content (AvgIpc) is 2.89. The van der Waals surface area contributed by atoms with Gasteiger partial charge in [-0.3, -0.25) is 0 Å². The van der Waals surface area contributed by atoms with Crippen LogP contribution in [0.2, 0.25) is 0 Å². The highest BCUT2D eigenvalue weighted by Crippen LogP contribution is 2.25. The Morgan fingerprint density at radius 1 is 1.21 bits per heavy atom. The summed E-state index contributed by atoms with van der Waals surface area (Å²) in [6.07, 6.45) is 3.44. The number of aryl methyl sites for hydroxylation is 1. The van der Waals surface area contributed by atoms with E-state index in [0.717, 1.165) is 23.5 Å². The highest BCUT2D eigenvalue weighted by atomic mass is 32.2. The summed E-state index contributed by atoms with van der Waals surface area (Å²) in [4.78, 5) is 12.2. The van der Waals surface area contributed by atoms with Gasteiger partial charge in [-0.2, -0.15) is 0 Å². The van der Waals surface area contributed by atoms with E-state index in [4.69, 9.17) is 5.11 Å². The van der Waals surface area contributed by atoms with Crippen LogP contribution in [-0.2, 0) is 6.42 Å². The number of hydrogen-bond donors (Lipinski definition) is 1. The molecule has 2 nitrogen and oxygen atoms in total. The molecule has 0 aliphatic heterocycles. The van der Waals surface area contributed by atoms with Crippen molar-refractivity contribution in [2.45, 2.75) is 24.2 Å². The first-order valence-electron chi connectivity index (χ1n) is 6.24. The summed E-state index contributed by atoms with van der Waals surface area (Å²) < 4.78 is 0. The van der Waals surface area contributed by atoms with Crippen LogP contribution in [0.25, 0.3) is 0 Å². The van der Waals surface area contributed by atoms with E-state index < -0.39 is 5.97 Å². The number of carboxylic acid groups (broad SMARTS) is 1. The zero-order chi connectivity index (χ0) is 13.5. The Kier molecular flexibility index (Phi) is 5.48. The van der Waals surface area contributed by atoms with E-state index >= 15 is 0 Å². The maximum absolute atomic E-state index is 10.7. The number of unbranched alkanes of at least 4 members (excludes halogenated alkanes) is 1. The van der Waals surface area contributed by atoms with Gasteiger partial charge in [-0.25, -0.2) is 4.79 Å². The van der Waals surface area contributed by atoms with Crippen molar-refractivity contribution in [1.29, 1.82) is 0 Å². The second-order valence-electron chi connectivity index (χ2n) is 4.24. The predicted octanol–water partition coefficient (Wildman–Crippen LogP) is 4.56. The SMILES string of the molecule is O=C(O)c1cc(SCCCCc2ccccc2)cs1. The molecule has 19 heavy (non-hydrogen) atoms. The quantitative estimate of drug-likeness (QED) is 0.600. The summed E-state index contributed by atoms with van der Waals surface area (Å²) in [7, 11) is 0. The molecule has 1 aromatic heterocycles. The van der Waals surface area contributed by atoms with Crippen molar-refractivity contribution in [3.8, 4) is 0 Å². The number of rotatable bonds is 7. The second-order valence-corrected chi connectivity index (χ2v) is 6.32.